The number of aryl methyl sites for hydroxylation is 1. The molecule has 0 spiro atoms. The van der Waals surface area contributed by atoms with Gasteiger partial charge in [-0.05, 0) is 59.9 Å². The number of hydrogen-bond donors (Lipinski definition) is 1. The van der Waals surface area contributed by atoms with E-state index in [0.717, 1.165) is 23.4 Å². The molecule has 1 N–H and O–H groups in total. The van der Waals surface area contributed by atoms with E-state index in [1.807, 2.05) is 19.4 Å². The summed E-state index contributed by atoms with van der Waals surface area (Å²) in [4.78, 5) is 4.15. The Balaban J connectivity index is 2.37. The fourth-order valence-electron chi connectivity index (χ4n) is 1.46. The van der Waals surface area contributed by atoms with E-state index in [4.69, 9.17) is 0 Å². The number of rotatable bonds is 5. The maximum absolute atomic E-state index is 4.15. The number of halogens is 1. The van der Waals surface area contributed by atoms with Crippen LogP contribution >= 0.6 is 15.9 Å². The molecule has 0 aliphatic rings. The monoisotopic (exact) mass is 256 g/mol. The normalized spacial score (nSPS) is 12.8. The fourth-order valence-corrected chi connectivity index (χ4v) is 1.87. The molecule has 1 aromatic heterocycles. The van der Waals surface area contributed by atoms with Gasteiger partial charge in [0.2, 0.25) is 0 Å². The van der Waals surface area contributed by atoms with E-state index >= 15 is 0 Å². The Bertz CT molecular complexity index is 276. The summed E-state index contributed by atoms with van der Waals surface area (Å²) in [7, 11) is 2.00. The Morgan fingerprint density at radius 2 is 2.29 bits per heavy atom. The van der Waals surface area contributed by atoms with Crippen LogP contribution in [0.2, 0.25) is 0 Å². The maximum Gasteiger partial charge on any atom is 0.0410 e. The molecule has 2 nitrogen and oxygen atoms in total. The molecule has 14 heavy (non-hydrogen) atoms. The molecule has 0 aliphatic carbocycles. The topological polar surface area (TPSA) is 24.9 Å². The van der Waals surface area contributed by atoms with E-state index in [9.17, 15) is 0 Å². The highest BCUT2D eigenvalue weighted by Crippen LogP contribution is 2.13. The first kappa shape index (κ1) is 11.7. The molecule has 0 fully saturated rings. The molecular weight excluding hydrogens is 240 g/mol. The molecule has 1 rings (SSSR count). The number of nitrogens with one attached hydrogen (secondary N) is 1. The summed E-state index contributed by atoms with van der Waals surface area (Å²) >= 11 is 3.43. The average molecular weight is 257 g/mol. The van der Waals surface area contributed by atoms with Gasteiger partial charge in [0.1, 0.15) is 0 Å². The molecule has 0 amide bonds. The lowest BCUT2D eigenvalue weighted by molar-refractivity contribution is 0.504. The molecule has 0 bridgehead atoms. The van der Waals surface area contributed by atoms with Gasteiger partial charge in [-0.1, -0.05) is 6.92 Å². The molecule has 0 radical (unpaired) electrons. The molecule has 0 saturated heterocycles. The summed E-state index contributed by atoms with van der Waals surface area (Å²) in [6, 6.07) is 2.14. The van der Waals surface area contributed by atoms with Crippen molar-refractivity contribution in [3.8, 4) is 0 Å². The van der Waals surface area contributed by atoms with Crippen molar-refractivity contribution < 1.29 is 0 Å². The summed E-state index contributed by atoms with van der Waals surface area (Å²) in [5.74, 6) is 0.721. The van der Waals surface area contributed by atoms with Gasteiger partial charge in [0.25, 0.3) is 0 Å². The molecule has 3 heteroatoms. The zero-order valence-electron chi connectivity index (χ0n) is 8.76. The zero-order chi connectivity index (χ0) is 10.4. The van der Waals surface area contributed by atoms with Crippen LogP contribution in [0.25, 0.3) is 0 Å². The summed E-state index contributed by atoms with van der Waals surface area (Å²) in [6.45, 7) is 3.35. The van der Waals surface area contributed by atoms with Gasteiger partial charge in [-0.25, -0.2) is 0 Å². The third-order valence-corrected chi connectivity index (χ3v) is 2.67. The van der Waals surface area contributed by atoms with Crippen LogP contribution in [0.15, 0.2) is 22.9 Å². The van der Waals surface area contributed by atoms with Gasteiger partial charge in [-0.2, -0.15) is 0 Å². The van der Waals surface area contributed by atoms with Crippen molar-refractivity contribution in [1.29, 1.82) is 0 Å². The van der Waals surface area contributed by atoms with Crippen molar-refractivity contribution >= 4 is 15.9 Å². The predicted octanol–water partition coefficient (Wildman–Crippen LogP) is 2.63. The van der Waals surface area contributed by atoms with Gasteiger partial charge in [0.05, 0.1) is 0 Å². The largest absolute Gasteiger partial charge is 0.319 e. The van der Waals surface area contributed by atoms with Crippen LogP contribution in [0.5, 0.6) is 0 Å². The quantitative estimate of drug-likeness (QED) is 0.877. The van der Waals surface area contributed by atoms with Crippen LogP contribution in [-0.4, -0.2) is 18.6 Å². The van der Waals surface area contributed by atoms with E-state index in [0.29, 0.717) is 0 Å². The van der Waals surface area contributed by atoms with E-state index in [1.54, 1.807) is 0 Å². The van der Waals surface area contributed by atoms with Crippen molar-refractivity contribution in [3.05, 3.63) is 28.5 Å². The Labute approximate surface area is 94.3 Å². The summed E-state index contributed by atoms with van der Waals surface area (Å²) < 4.78 is 1.07. The van der Waals surface area contributed by atoms with Crippen LogP contribution in [0, 0.1) is 5.92 Å². The van der Waals surface area contributed by atoms with Crippen molar-refractivity contribution in [1.82, 2.24) is 10.3 Å². The van der Waals surface area contributed by atoms with Crippen molar-refractivity contribution in [2.45, 2.75) is 19.8 Å². The Hall–Kier alpha value is -0.410. The van der Waals surface area contributed by atoms with Gasteiger partial charge < -0.3 is 5.32 Å². The SMILES string of the molecule is CNCC(C)CCc1cncc(Br)c1. The molecule has 0 aromatic carbocycles. The lowest BCUT2D eigenvalue weighted by Crippen LogP contribution is -2.16. The Morgan fingerprint density at radius 1 is 1.50 bits per heavy atom. The molecule has 1 heterocycles. The molecule has 78 valence electrons. The lowest BCUT2D eigenvalue weighted by Gasteiger charge is -2.09. The highest BCUT2D eigenvalue weighted by molar-refractivity contribution is 9.10. The van der Waals surface area contributed by atoms with Gasteiger partial charge in [-0.15, -0.1) is 0 Å². The van der Waals surface area contributed by atoms with E-state index < -0.39 is 0 Å². The second kappa shape index (κ2) is 6.14. The predicted molar refractivity (Wildman–Crippen MR) is 63.3 cm³/mol. The van der Waals surface area contributed by atoms with Gasteiger partial charge >= 0.3 is 0 Å². The van der Waals surface area contributed by atoms with Crippen molar-refractivity contribution in [2.75, 3.05) is 13.6 Å². The maximum atomic E-state index is 4.15. The first-order chi connectivity index (χ1) is 6.72. The highest BCUT2D eigenvalue weighted by atomic mass is 79.9. The Kier molecular flexibility index (Phi) is 5.12. The summed E-state index contributed by atoms with van der Waals surface area (Å²) in [5, 5.41) is 3.19. The van der Waals surface area contributed by atoms with Crippen LogP contribution in [0.1, 0.15) is 18.9 Å². The number of pyridine rings is 1. The minimum atomic E-state index is 0.721. The van der Waals surface area contributed by atoms with E-state index in [-0.39, 0.29) is 0 Å². The van der Waals surface area contributed by atoms with Crippen LogP contribution in [-0.2, 0) is 6.42 Å². The first-order valence-corrected chi connectivity index (χ1v) is 5.75. The summed E-state index contributed by atoms with van der Waals surface area (Å²) in [5.41, 5.74) is 1.31. The Morgan fingerprint density at radius 3 is 2.93 bits per heavy atom. The van der Waals surface area contributed by atoms with E-state index in [2.05, 4.69) is 39.2 Å². The summed E-state index contributed by atoms with van der Waals surface area (Å²) in [6.07, 6.45) is 6.08. The van der Waals surface area contributed by atoms with Crippen molar-refractivity contribution in [2.24, 2.45) is 5.92 Å². The van der Waals surface area contributed by atoms with Gasteiger partial charge in [-0.3, -0.25) is 4.98 Å². The minimum absolute atomic E-state index is 0.721. The smallest absolute Gasteiger partial charge is 0.0410 e. The van der Waals surface area contributed by atoms with Crippen LogP contribution in [0.3, 0.4) is 0 Å². The number of hydrogen-bond acceptors (Lipinski definition) is 2. The number of aromatic nitrogens is 1. The average Bonchev–Trinajstić information content (AvgIpc) is 2.15. The second-order valence-corrected chi connectivity index (χ2v) is 4.63. The fraction of sp³-hybridized carbons (Fsp3) is 0.545. The standard InChI is InChI=1S/C11H17BrN2/c1-9(6-13-2)3-4-10-5-11(12)8-14-7-10/h5,7-9,13H,3-4,6H2,1-2H3. The minimum Gasteiger partial charge on any atom is -0.319 e. The lowest BCUT2D eigenvalue weighted by atomic mass is 10.0. The molecular formula is C11H17BrN2. The zero-order valence-corrected chi connectivity index (χ0v) is 10.3. The van der Waals surface area contributed by atoms with Gasteiger partial charge in [0, 0.05) is 16.9 Å². The van der Waals surface area contributed by atoms with Crippen LogP contribution in [0.4, 0.5) is 0 Å². The molecule has 1 aromatic rings. The molecule has 1 unspecified atom stereocenters. The van der Waals surface area contributed by atoms with E-state index in [1.165, 1.54) is 12.0 Å². The first-order valence-electron chi connectivity index (χ1n) is 4.96. The second-order valence-electron chi connectivity index (χ2n) is 3.71. The van der Waals surface area contributed by atoms with Crippen molar-refractivity contribution in [3.63, 3.8) is 0 Å². The molecule has 1 atom stereocenters. The third kappa shape index (κ3) is 4.20. The van der Waals surface area contributed by atoms with Gasteiger partial charge in [0.15, 0.2) is 0 Å². The van der Waals surface area contributed by atoms with Crippen LogP contribution < -0.4 is 5.32 Å². The highest BCUT2D eigenvalue weighted by Gasteiger charge is 2.01. The molecule has 0 saturated carbocycles. The third-order valence-electron chi connectivity index (χ3n) is 2.24. The molecule has 0 aliphatic heterocycles. The number of nitrogens with zero attached hydrogens (tertiary/aromatic N) is 1.